The van der Waals surface area contributed by atoms with Crippen LogP contribution in [-0.4, -0.2) is 29.0 Å². The number of hydrogen-bond acceptors (Lipinski definition) is 7. The van der Waals surface area contributed by atoms with E-state index >= 15 is 0 Å². The van der Waals surface area contributed by atoms with E-state index in [1.807, 2.05) is 0 Å². The van der Waals surface area contributed by atoms with Crippen molar-refractivity contribution in [1.82, 2.24) is 15.0 Å². The highest BCUT2D eigenvalue weighted by molar-refractivity contribution is 6.33. The number of aromatic nitrogens is 3. The molecule has 20 heavy (non-hydrogen) atoms. The van der Waals surface area contributed by atoms with Gasteiger partial charge >= 0.3 is 0 Å². The molecule has 0 saturated heterocycles. The highest BCUT2D eigenvalue weighted by atomic mass is 35.5. The number of anilines is 4. The van der Waals surface area contributed by atoms with Crippen molar-refractivity contribution >= 4 is 35.1 Å². The quantitative estimate of drug-likeness (QED) is 0.585. The fraction of sp³-hybridized carbons (Fsp3) is 0.182. The molecule has 0 aliphatic rings. The number of rotatable bonds is 4. The van der Waals surface area contributed by atoms with Crippen LogP contribution < -0.4 is 21.5 Å². The van der Waals surface area contributed by atoms with Crippen LogP contribution in [0.25, 0.3) is 0 Å². The number of hydrogen-bond donors (Lipinski definition) is 3. The zero-order valence-corrected chi connectivity index (χ0v) is 11.6. The summed E-state index contributed by atoms with van der Waals surface area (Å²) in [6.07, 6.45) is 0. The van der Waals surface area contributed by atoms with Gasteiger partial charge in [-0.25, -0.2) is 10.2 Å². The molecule has 0 aliphatic carbocycles. The second kappa shape index (κ2) is 5.85. The number of benzene rings is 1. The van der Waals surface area contributed by atoms with Gasteiger partial charge in [-0.3, -0.25) is 5.43 Å². The summed E-state index contributed by atoms with van der Waals surface area (Å²) in [5.41, 5.74) is 2.83. The normalized spacial score (nSPS) is 10.2. The first-order valence-corrected chi connectivity index (χ1v) is 5.99. The molecular formula is C11H13ClFN7. The van der Waals surface area contributed by atoms with Gasteiger partial charge in [0.15, 0.2) is 0 Å². The molecule has 1 heterocycles. The average Bonchev–Trinajstić information content (AvgIpc) is 2.41. The molecule has 0 atom stereocenters. The van der Waals surface area contributed by atoms with Crippen molar-refractivity contribution in [3.8, 4) is 0 Å². The standard InChI is InChI=1S/C11H13ClFN7/c1-20(2)11-17-9(16-10(18-11)19-14)15-8-4-3-6(13)5-7(8)12/h3-5H,14H2,1-2H3,(H2,15,16,17,18,19). The number of nitrogens with one attached hydrogen (secondary N) is 2. The molecule has 0 saturated carbocycles. The Morgan fingerprint density at radius 3 is 2.50 bits per heavy atom. The minimum absolute atomic E-state index is 0.199. The molecule has 0 bridgehead atoms. The Morgan fingerprint density at radius 1 is 1.20 bits per heavy atom. The van der Waals surface area contributed by atoms with Crippen molar-refractivity contribution in [3.63, 3.8) is 0 Å². The highest BCUT2D eigenvalue weighted by Crippen LogP contribution is 2.25. The molecule has 1 aromatic carbocycles. The molecule has 4 N–H and O–H groups in total. The summed E-state index contributed by atoms with van der Waals surface area (Å²) < 4.78 is 13.0. The molecular weight excluding hydrogens is 285 g/mol. The topological polar surface area (TPSA) is 92.0 Å². The first kappa shape index (κ1) is 14.2. The Bertz CT molecular complexity index is 620. The van der Waals surface area contributed by atoms with E-state index in [0.29, 0.717) is 11.6 Å². The number of halogens is 2. The predicted octanol–water partition coefficient (Wildman–Crippen LogP) is 1.76. The zero-order chi connectivity index (χ0) is 14.7. The maximum Gasteiger partial charge on any atom is 0.243 e. The fourth-order valence-electron chi connectivity index (χ4n) is 1.40. The summed E-state index contributed by atoms with van der Waals surface area (Å²) >= 11 is 5.93. The monoisotopic (exact) mass is 297 g/mol. The van der Waals surface area contributed by atoms with Gasteiger partial charge in [0.25, 0.3) is 0 Å². The lowest BCUT2D eigenvalue weighted by Gasteiger charge is -2.13. The zero-order valence-electron chi connectivity index (χ0n) is 10.9. The molecule has 7 nitrogen and oxygen atoms in total. The third-order valence-electron chi connectivity index (χ3n) is 2.33. The van der Waals surface area contributed by atoms with Crippen molar-refractivity contribution in [2.45, 2.75) is 0 Å². The maximum atomic E-state index is 13.0. The van der Waals surface area contributed by atoms with Crippen LogP contribution in [0.3, 0.4) is 0 Å². The lowest BCUT2D eigenvalue weighted by Crippen LogP contribution is -2.18. The Labute approximate surface area is 120 Å². The van der Waals surface area contributed by atoms with Crippen LogP contribution in [0.5, 0.6) is 0 Å². The maximum absolute atomic E-state index is 13.0. The van der Waals surface area contributed by atoms with Gasteiger partial charge in [0.05, 0.1) is 10.7 Å². The van der Waals surface area contributed by atoms with E-state index in [2.05, 4.69) is 25.7 Å². The van der Waals surface area contributed by atoms with Crippen molar-refractivity contribution in [2.24, 2.45) is 5.84 Å². The van der Waals surface area contributed by atoms with Crippen molar-refractivity contribution < 1.29 is 4.39 Å². The predicted molar refractivity (Wildman–Crippen MR) is 76.7 cm³/mol. The molecule has 0 fully saturated rings. The summed E-state index contributed by atoms with van der Waals surface area (Å²) in [5, 5.41) is 3.11. The third-order valence-corrected chi connectivity index (χ3v) is 2.64. The van der Waals surface area contributed by atoms with Crippen molar-refractivity contribution in [3.05, 3.63) is 29.0 Å². The molecule has 0 amide bonds. The van der Waals surface area contributed by atoms with E-state index in [9.17, 15) is 4.39 Å². The second-order valence-corrected chi connectivity index (χ2v) is 4.48. The van der Waals surface area contributed by atoms with Crippen molar-refractivity contribution in [2.75, 3.05) is 29.7 Å². The molecule has 0 aliphatic heterocycles. The summed E-state index contributed by atoms with van der Waals surface area (Å²) in [5.74, 6) is 5.73. The molecule has 106 valence electrons. The van der Waals surface area contributed by atoms with Crippen LogP contribution in [0.15, 0.2) is 18.2 Å². The van der Waals surface area contributed by atoms with Crippen LogP contribution in [0.4, 0.5) is 27.9 Å². The Hall–Kier alpha value is -2.19. The highest BCUT2D eigenvalue weighted by Gasteiger charge is 2.09. The van der Waals surface area contributed by atoms with E-state index in [-0.39, 0.29) is 16.9 Å². The SMILES string of the molecule is CN(C)c1nc(NN)nc(Nc2ccc(F)cc2Cl)n1. The summed E-state index contributed by atoms with van der Waals surface area (Å²) in [7, 11) is 3.56. The molecule has 9 heteroatoms. The molecule has 2 rings (SSSR count). The molecule has 1 aromatic heterocycles. The first-order chi connectivity index (χ1) is 9.49. The van der Waals surface area contributed by atoms with Gasteiger partial charge < -0.3 is 10.2 Å². The van der Waals surface area contributed by atoms with Crippen LogP contribution in [0.1, 0.15) is 0 Å². The molecule has 0 spiro atoms. The van der Waals surface area contributed by atoms with E-state index < -0.39 is 5.82 Å². The minimum Gasteiger partial charge on any atom is -0.347 e. The van der Waals surface area contributed by atoms with Gasteiger partial charge in [-0.2, -0.15) is 15.0 Å². The number of nitrogens with two attached hydrogens (primary N) is 1. The van der Waals surface area contributed by atoms with Crippen LogP contribution >= 0.6 is 11.6 Å². The fourth-order valence-corrected chi connectivity index (χ4v) is 1.61. The van der Waals surface area contributed by atoms with Gasteiger partial charge in [-0.05, 0) is 18.2 Å². The first-order valence-electron chi connectivity index (χ1n) is 5.61. The number of nitrogens with zero attached hydrogens (tertiary/aromatic N) is 4. The third kappa shape index (κ3) is 3.22. The van der Waals surface area contributed by atoms with Crippen LogP contribution in [0, 0.1) is 5.82 Å². The Balaban J connectivity index is 2.34. The van der Waals surface area contributed by atoms with E-state index in [4.69, 9.17) is 17.4 Å². The molecule has 0 unspecified atom stereocenters. The summed E-state index contributed by atoms with van der Waals surface area (Å²) in [6, 6.07) is 3.97. The molecule has 0 radical (unpaired) electrons. The van der Waals surface area contributed by atoms with Gasteiger partial charge in [-0.15, -0.1) is 0 Å². The van der Waals surface area contributed by atoms with Gasteiger partial charge in [0, 0.05) is 14.1 Å². The van der Waals surface area contributed by atoms with Crippen molar-refractivity contribution in [1.29, 1.82) is 0 Å². The van der Waals surface area contributed by atoms with Crippen LogP contribution in [0.2, 0.25) is 5.02 Å². The second-order valence-electron chi connectivity index (χ2n) is 4.07. The lowest BCUT2D eigenvalue weighted by atomic mass is 10.3. The summed E-state index contributed by atoms with van der Waals surface area (Å²) in [6.45, 7) is 0. The average molecular weight is 298 g/mol. The van der Waals surface area contributed by atoms with E-state index in [1.165, 1.54) is 18.2 Å². The Kier molecular flexibility index (Phi) is 4.16. The lowest BCUT2D eigenvalue weighted by molar-refractivity contribution is 0.628. The Morgan fingerprint density at radius 2 is 1.90 bits per heavy atom. The number of hydrazine groups is 1. The van der Waals surface area contributed by atoms with Gasteiger partial charge in [0.1, 0.15) is 5.82 Å². The minimum atomic E-state index is -0.422. The molecule has 2 aromatic rings. The van der Waals surface area contributed by atoms with Crippen LogP contribution in [-0.2, 0) is 0 Å². The largest absolute Gasteiger partial charge is 0.347 e. The summed E-state index contributed by atoms with van der Waals surface area (Å²) in [4.78, 5) is 14.0. The van der Waals surface area contributed by atoms with E-state index in [0.717, 1.165) is 0 Å². The number of nitrogen functional groups attached to an aromatic ring is 1. The van der Waals surface area contributed by atoms with E-state index in [1.54, 1.807) is 19.0 Å². The smallest absolute Gasteiger partial charge is 0.243 e. The van der Waals surface area contributed by atoms with Gasteiger partial charge in [-0.1, -0.05) is 11.6 Å². The van der Waals surface area contributed by atoms with Gasteiger partial charge in [0.2, 0.25) is 17.8 Å².